The average Bonchev–Trinajstić information content (AvgIpc) is 3.61. The van der Waals surface area contributed by atoms with Gasteiger partial charge in [-0.2, -0.15) is 0 Å². The third kappa shape index (κ3) is 12.3. The maximum Gasteiger partial charge on any atom is 2.00 e. The molecule has 0 aromatic heterocycles. The first-order valence-corrected chi connectivity index (χ1v) is 18.5. The van der Waals surface area contributed by atoms with E-state index in [0.29, 0.717) is 23.7 Å². The van der Waals surface area contributed by atoms with Crippen LogP contribution in [-0.2, 0) is 4.74 Å². The van der Waals surface area contributed by atoms with Crippen molar-refractivity contribution in [2.24, 2.45) is 0 Å². The van der Waals surface area contributed by atoms with Gasteiger partial charge in [0.2, 0.25) is 0 Å². The van der Waals surface area contributed by atoms with Gasteiger partial charge in [0.15, 0.2) is 0 Å². The molecule has 5 rings (SSSR count). The summed E-state index contributed by atoms with van der Waals surface area (Å²) in [6.45, 7) is 32.9. The van der Waals surface area contributed by atoms with E-state index in [1.54, 1.807) is 0 Å². The van der Waals surface area contributed by atoms with Crippen molar-refractivity contribution in [2.45, 2.75) is 133 Å². The Labute approximate surface area is 345 Å². The van der Waals surface area contributed by atoms with Crippen molar-refractivity contribution in [3.63, 3.8) is 0 Å². The van der Waals surface area contributed by atoms with Crippen LogP contribution in [-0.4, -0.2) is 13.2 Å². The third-order valence-corrected chi connectivity index (χ3v) is 9.23. The van der Waals surface area contributed by atoms with Crippen LogP contribution < -0.4 is 0 Å². The molecule has 0 unspecified atom stereocenters. The number of nitrogens with zero attached hydrogens (tertiary/aromatic N) is 2. The molecule has 0 atom stereocenters. The topological polar surface area (TPSA) is 37.4 Å². The molecule has 4 aromatic rings. The minimum Gasteiger partial charge on any atom is -0.657 e. The first kappa shape index (κ1) is 44.1. The van der Waals surface area contributed by atoms with E-state index in [0.717, 1.165) is 24.6 Å². The summed E-state index contributed by atoms with van der Waals surface area (Å²) in [5.41, 5.74) is 17.6. The summed E-state index contributed by atoms with van der Waals surface area (Å²) in [6.07, 6.45) is 2.56. The van der Waals surface area contributed by atoms with Crippen molar-refractivity contribution in [3.05, 3.63) is 127 Å². The van der Waals surface area contributed by atoms with E-state index in [-0.39, 0.29) is 46.9 Å². The average molecular weight is 834 g/mol. The number of benzene rings is 4. The quantitative estimate of drug-likeness (QED) is 0.174. The normalized spacial score (nSPS) is 12.4. The van der Waals surface area contributed by atoms with E-state index < -0.39 is 0 Å². The van der Waals surface area contributed by atoms with Gasteiger partial charge in [-0.05, 0) is 78.1 Å². The molecule has 278 valence electrons. The second-order valence-corrected chi connectivity index (χ2v) is 15.2. The standard InChI is InChI=1S/2C21H28N.C4H8O.Yb/c2*1-13(2)18-9-8-10-19(14(3)4)21(18)22-20-16(6)11-15(5)12-17(20)7;1-2-4-5-3-1;/h2*8-14H,1-7H3;1-4H2;/q2*-1;;+2. The van der Waals surface area contributed by atoms with Crippen molar-refractivity contribution in [1.29, 1.82) is 0 Å². The molecule has 4 heteroatoms. The zero-order chi connectivity index (χ0) is 36.4. The Morgan fingerprint density at radius 2 is 0.700 bits per heavy atom. The zero-order valence-electron chi connectivity index (χ0n) is 33.5. The maximum absolute atomic E-state index is 5.12. The molecule has 1 heterocycles. The number of aryl methyl sites for hydroxylation is 6. The molecule has 1 aliphatic rings. The Morgan fingerprint density at radius 1 is 0.440 bits per heavy atom. The fourth-order valence-corrected chi connectivity index (χ4v) is 6.71. The van der Waals surface area contributed by atoms with Crippen LogP contribution in [0, 0.1) is 88.5 Å². The van der Waals surface area contributed by atoms with Gasteiger partial charge < -0.3 is 15.4 Å². The molecule has 0 amide bonds. The summed E-state index contributed by atoms with van der Waals surface area (Å²) in [7, 11) is 0. The SMILES string of the molecule is C1CCOC1.Cc1cc(C)c([N-]c2c(C(C)C)cccc2C(C)C)c(C)c1.Cc1cc(C)c([N-]c2c(C(C)C)cccc2C(C)C)c(C)c1.[Yb+2]. The summed E-state index contributed by atoms with van der Waals surface area (Å²) in [4.78, 5) is 0. The van der Waals surface area contributed by atoms with Gasteiger partial charge in [0.05, 0.1) is 0 Å². The molecule has 1 saturated heterocycles. The van der Waals surface area contributed by atoms with Gasteiger partial charge >= 0.3 is 46.9 Å². The molecular formula is C46H64N2OYb. The second-order valence-electron chi connectivity index (χ2n) is 15.2. The van der Waals surface area contributed by atoms with Crippen molar-refractivity contribution in [1.82, 2.24) is 0 Å². The van der Waals surface area contributed by atoms with Crippen LogP contribution in [0.25, 0.3) is 10.6 Å². The van der Waals surface area contributed by atoms with Gasteiger partial charge in [-0.25, -0.2) is 0 Å². The Bertz CT molecular complexity index is 1440. The molecule has 0 N–H and O–H groups in total. The predicted molar refractivity (Wildman–Crippen MR) is 216 cm³/mol. The molecule has 0 aliphatic carbocycles. The minimum absolute atomic E-state index is 0. The first-order valence-electron chi connectivity index (χ1n) is 18.5. The summed E-state index contributed by atoms with van der Waals surface area (Å²) >= 11 is 0. The number of para-hydroxylation sites is 2. The molecule has 50 heavy (non-hydrogen) atoms. The van der Waals surface area contributed by atoms with E-state index in [2.05, 4.69) is 158 Å². The fraction of sp³-hybridized carbons (Fsp3) is 0.478. The predicted octanol–water partition coefficient (Wildman–Crippen LogP) is 15.2. The Kier molecular flexibility index (Phi) is 18.4. The number of hydrogen-bond donors (Lipinski definition) is 0. The molecule has 4 aromatic carbocycles. The van der Waals surface area contributed by atoms with Crippen molar-refractivity contribution < 1.29 is 51.7 Å². The molecule has 0 bridgehead atoms. The summed E-state index contributed by atoms with van der Waals surface area (Å²) in [5.74, 6) is 1.90. The van der Waals surface area contributed by atoms with Crippen molar-refractivity contribution in [2.75, 3.05) is 13.2 Å². The van der Waals surface area contributed by atoms with Gasteiger partial charge in [-0.3, -0.25) is 0 Å². The minimum atomic E-state index is 0. The number of hydrogen-bond acceptors (Lipinski definition) is 1. The maximum atomic E-state index is 5.12. The van der Waals surface area contributed by atoms with E-state index in [4.69, 9.17) is 15.4 Å². The van der Waals surface area contributed by atoms with Gasteiger partial charge in [-0.1, -0.05) is 172 Å². The molecule has 1 aliphatic heterocycles. The monoisotopic (exact) mass is 834 g/mol. The van der Waals surface area contributed by atoms with Gasteiger partial charge in [0, 0.05) is 13.2 Å². The molecule has 0 saturated carbocycles. The summed E-state index contributed by atoms with van der Waals surface area (Å²) < 4.78 is 4.94. The van der Waals surface area contributed by atoms with E-state index in [1.807, 2.05) is 0 Å². The summed E-state index contributed by atoms with van der Waals surface area (Å²) in [6, 6.07) is 22.1. The van der Waals surface area contributed by atoms with Crippen molar-refractivity contribution >= 4 is 22.7 Å². The Hall–Kier alpha value is -2.04. The van der Waals surface area contributed by atoms with E-state index in [9.17, 15) is 0 Å². The Balaban J connectivity index is 0.000000298. The van der Waals surface area contributed by atoms with Crippen LogP contribution >= 0.6 is 0 Å². The Morgan fingerprint density at radius 3 is 0.900 bits per heavy atom. The molecular weight excluding hydrogens is 770 g/mol. The summed E-state index contributed by atoms with van der Waals surface area (Å²) in [5, 5.41) is 10.2. The molecule has 0 spiro atoms. The van der Waals surface area contributed by atoms with Gasteiger partial charge in [-0.15, -0.1) is 22.7 Å². The molecule has 3 nitrogen and oxygen atoms in total. The van der Waals surface area contributed by atoms with Crippen LogP contribution in [0.5, 0.6) is 0 Å². The van der Waals surface area contributed by atoms with Crippen LogP contribution in [0.2, 0.25) is 0 Å². The molecule has 1 fully saturated rings. The number of ether oxygens (including phenoxy) is 1. The first-order chi connectivity index (χ1) is 23.1. The zero-order valence-corrected chi connectivity index (χ0v) is 35.2. The van der Waals surface area contributed by atoms with Crippen LogP contribution in [0.15, 0.2) is 60.7 Å². The fourth-order valence-electron chi connectivity index (χ4n) is 6.71. The van der Waals surface area contributed by atoms with E-state index in [1.165, 1.54) is 79.9 Å². The third-order valence-electron chi connectivity index (χ3n) is 9.23. The van der Waals surface area contributed by atoms with Crippen LogP contribution in [0.1, 0.15) is 148 Å². The van der Waals surface area contributed by atoms with Gasteiger partial charge in [0.1, 0.15) is 0 Å². The second kappa shape index (κ2) is 20.9. The largest absolute Gasteiger partial charge is 2.00 e. The smallest absolute Gasteiger partial charge is 0.657 e. The van der Waals surface area contributed by atoms with Crippen LogP contribution in [0.3, 0.4) is 0 Å². The van der Waals surface area contributed by atoms with Gasteiger partial charge in [0.25, 0.3) is 0 Å². The number of rotatable bonds is 8. The van der Waals surface area contributed by atoms with Crippen molar-refractivity contribution in [3.8, 4) is 0 Å². The van der Waals surface area contributed by atoms with E-state index >= 15 is 0 Å². The van der Waals surface area contributed by atoms with Crippen LogP contribution in [0.4, 0.5) is 22.7 Å². The molecule has 0 radical (unpaired) electrons.